The number of aromatic nitrogens is 4. The Morgan fingerprint density at radius 2 is 1.73 bits per heavy atom. The number of aryl methyl sites for hydroxylation is 2. The third-order valence-corrected chi connectivity index (χ3v) is 4.10. The van der Waals surface area contributed by atoms with Crippen LogP contribution in [0.5, 0.6) is 5.88 Å². The van der Waals surface area contributed by atoms with E-state index in [-0.39, 0.29) is 5.60 Å². The fourth-order valence-electron chi connectivity index (χ4n) is 3.05. The summed E-state index contributed by atoms with van der Waals surface area (Å²) in [6.45, 7) is 10.0. The minimum Gasteiger partial charge on any atom is -0.472 e. The van der Waals surface area contributed by atoms with Crippen molar-refractivity contribution in [1.82, 2.24) is 19.4 Å². The lowest BCUT2D eigenvalue weighted by molar-refractivity contribution is 0.124. The van der Waals surface area contributed by atoms with Gasteiger partial charge in [0, 0.05) is 29.4 Å². The quantitative estimate of drug-likeness (QED) is 0.526. The van der Waals surface area contributed by atoms with Crippen molar-refractivity contribution in [2.45, 2.75) is 40.2 Å². The summed E-state index contributed by atoms with van der Waals surface area (Å²) in [5.41, 5.74) is 5.43. The van der Waals surface area contributed by atoms with Crippen LogP contribution in [0.2, 0.25) is 0 Å². The summed E-state index contributed by atoms with van der Waals surface area (Å²) >= 11 is 0. The van der Waals surface area contributed by atoms with E-state index in [4.69, 9.17) is 9.72 Å². The zero-order chi connectivity index (χ0) is 18.5. The summed E-state index contributed by atoms with van der Waals surface area (Å²) in [5, 5.41) is 1.06. The van der Waals surface area contributed by atoms with Gasteiger partial charge in [-0.3, -0.25) is 0 Å². The molecule has 0 aliphatic heterocycles. The Hall–Kier alpha value is -2.95. The first-order valence-electron chi connectivity index (χ1n) is 8.72. The lowest BCUT2D eigenvalue weighted by Crippen LogP contribution is -2.23. The van der Waals surface area contributed by atoms with Gasteiger partial charge in [0.2, 0.25) is 5.88 Å². The Balaban J connectivity index is 1.77. The summed E-state index contributed by atoms with van der Waals surface area (Å²) in [6, 6.07) is 10.1. The molecular weight excluding hydrogens is 324 g/mol. The maximum Gasteiger partial charge on any atom is 0.214 e. The topological polar surface area (TPSA) is 52.3 Å². The van der Waals surface area contributed by atoms with Crippen LogP contribution < -0.4 is 4.74 Å². The van der Waals surface area contributed by atoms with E-state index in [9.17, 15) is 0 Å². The normalized spacial score (nSPS) is 12.0. The van der Waals surface area contributed by atoms with Crippen LogP contribution in [0, 0.1) is 13.8 Å². The highest BCUT2D eigenvalue weighted by Gasteiger charge is 2.13. The van der Waals surface area contributed by atoms with Gasteiger partial charge in [0.1, 0.15) is 5.60 Å². The molecule has 4 rings (SSSR count). The highest BCUT2D eigenvalue weighted by molar-refractivity contribution is 5.84. The lowest BCUT2D eigenvalue weighted by Gasteiger charge is -2.20. The molecule has 0 saturated carbocycles. The molecule has 0 fully saturated rings. The van der Waals surface area contributed by atoms with E-state index in [2.05, 4.69) is 16.0 Å². The van der Waals surface area contributed by atoms with E-state index in [1.54, 1.807) is 0 Å². The monoisotopic (exact) mass is 346 g/mol. The largest absolute Gasteiger partial charge is 0.472 e. The average molecular weight is 346 g/mol. The second kappa shape index (κ2) is 5.80. The number of benzene rings is 1. The maximum absolute atomic E-state index is 5.86. The van der Waals surface area contributed by atoms with Gasteiger partial charge in [0.15, 0.2) is 5.65 Å². The number of hydrogen-bond acceptors (Lipinski definition) is 4. The SMILES string of the molecule is Cc1cn2cc(-c3ccc4nc(OC(C)(C)C)ccc4c3)nc(C)c2n1. The van der Waals surface area contributed by atoms with Gasteiger partial charge in [-0.25, -0.2) is 15.0 Å². The fourth-order valence-corrected chi connectivity index (χ4v) is 3.05. The van der Waals surface area contributed by atoms with Gasteiger partial charge in [-0.15, -0.1) is 0 Å². The van der Waals surface area contributed by atoms with Crippen LogP contribution in [0.1, 0.15) is 32.2 Å². The molecule has 0 radical (unpaired) electrons. The Kier molecular flexibility index (Phi) is 3.68. The van der Waals surface area contributed by atoms with E-state index >= 15 is 0 Å². The van der Waals surface area contributed by atoms with Gasteiger partial charge in [-0.1, -0.05) is 6.07 Å². The van der Waals surface area contributed by atoms with Crippen molar-refractivity contribution in [2.75, 3.05) is 0 Å². The van der Waals surface area contributed by atoms with Gasteiger partial charge in [0.05, 0.1) is 22.6 Å². The van der Waals surface area contributed by atoms with E-state index in [0.29, 0.717) is 5.88 Å². The van der Waals surface area contributed by atoms with Crippen molar-refractivity contribution in [2.24, 2.45) is 0 Å². The minimum absolute atomic E-state index is 0.263. The molecule has 1 aromatic carbocycles. The molecule has 0 bridgehead atoms. The molecule has 132 valence electrons. The van der Waals surface area contributed by atoms with Crippen LogP contribution >= 0.6 is 0 Å². The number of fused-ring (bicyclic) bond motifs is 2. The van der Waals surface area contributed by atoms with Crippen LogP contribution in [0.3, 0.4) is 0 Å². The zero-order valence-electron chi connectivity index (χ0n) is 15.7. The molecule has 0 aliphatic rings. The van der Waals surface area contributed by atoms with Gasteiger partial charge >= 0.3 is 0 Å². The molecule has 3 aromatic heterocycles. The third-order valence-electron chi connectivity index (χ3n) is 4.10. The molecule has 0 N–H and O–H groups in total. The van der Waals surface area contributed by atoms with Crippen LogP contribution in [-0.4, -0.2) is 25.0 Å². The number of pyridine rings is 1. The molecule has 5 nitrogen and oxygen atoms in total. The van der Waals surface area contributed by atoms with Crippen molar-refractivity contribution >= 4 is 16.6 Å². The van der Waals surface area contributed by atoms with Crippen molar-refractivity contribution < 1.29 is 4.74 Å². The second-order valence-corrected chi connectivity index (χ2v) is 7.60. The molecule has 0 spiro atoms. The molecule has 3 heterocycles. The van der Waals surface area contributed by atoms with Crippen molar-refractivity contribution in [3.63, 3.8) is 0 Å². The Morgan fingerprint density at radius 1 is 0.923 bits per heavy atom. The predicted molar refractivity (Wildman–Crippen MR) is 104 cm³/mol. The average Bonchev–Trinajstić information content (AvgIpc) is 2.94. The van der Waals surface area contributed by atoms with Gasteiger partial charge in [-0.05, 0) is 52.8 Å². The smallest absolute Gasteiger partial charge is 0.214 e. The van der Waals surface area contributed by atoms with E-state index in [1.807, 2.05) is 75.7 Å². The van der Waals surface area contributed by atoms with E-state index in [1.165, 1.54) is 0 Å². The number of nitrogens with zero attached hydrogens (tertiary/aromatic N) is 4. The summed E-state index contributed by atoms with van der Waals surface area (Å²) in [7, 11) is 0. The van der Waals surface area contributed by atoms with Crippen molar-refractivity contribution in [3.05, 3.63) is 54.1 Å². The molecule has 0 saturated heterocycles. The maximum atomic E-state index is 5.86. The Morgan fingerprint density at radius 3 is 2.50 bits per heavy atom. The highest BCUT2D eigenvalue weighted by Crippen LogP contribution is 2.26. The summed E-state index contributed by atoms with van der Waals surface area (Å²) < 4.78 is 7.89. The summed E-state index contributed by atoms with van der Waals surface area (Å²) in [6.07, 6.45) is 4.04. The predicted octanol–water partition coefficient (Wildman–Crippen LogP) is 4.74. The lowest BCUT2D eigenvalue weighted by atomic mass is 10.1. The van der Waals surface area contributed by atoms with Crippen LogP contribution in [0.25, 0.3) is 27.8 Å². The van der Waals surface area contributed by atoms with Gasteiger partial charge in [-0.2, -0.15) is 0 Å². The second-order valence-electron chi connectivity index (χ2n) is 7.60. The van der Waals surface area contributed by atoms with E-state index in [0.717, 1.165) is 39.2 Å². The molecule has 0 amide bonds. The Labute approximate surface area is 152 Å². The number of imidazole rings is 1. The van der Waals surface area contributed by atoms with E-state index < -0.39 is 0 Å². The molecule has 4 aromatic rings. The molecule has 5 heteroatoms. The van der Waals surface area contributed by atoms with Gasteiger partial charge < -0.3 is 9.14 Å². The number of ether oxygens (including phenoxy) is 1. The van der Waals surface area contributed by atoms with Crippen LogP contribution in [0.4, 0.5) is 0 Å². The van der Waals surface area contributed by atoms with Crippen molar-refractivity contribution in [3.8, 4) is 17.1 Å². The Bertz CT molecular complexity index is 1120. The van der Waals surface area contributed by atoms with Crippen molar-refractivity contribution in [1.29, 1.82) is 0 Å². The number of hydrogen-bond donors (Lipinski definition) is 0. The molecule has 26 heavy (non-hydrogen) atoms. The number of rotatable bonds is 2. The standard InChI is InChI=1S/C21H22N4O/c1-13-11-25-12-18(23-14(2)20(25)22-13)16-6-8-17-15(10-16)7-9-19(24-17)26-21(3,4)5/h6-12H,1-5H3. The fraction of sp³-hybridized carbons (Fsp3) is 0.286. The third kappa shape index (κ3) is 3.12. The summed E-state index contributed by atoms with van der Waals surface area (Å²) in [5.74, 6) is 0.641. The molecular formula is C21H22N4O. The first-order chi connectivity index (χ1) is 12.3. The first kappa shape index (κ1) is 16.5. The van der Waals surface area contributed by atoms with Crippen LogP contribution in [-0.2, 0) is 0 Å². The first-order valence-corrected chi connectivity index (χ1v) is 8.72. The van der Waals surface area contributed by atoms with Gasteiger partial charge in [0.25, 0.3) is 0 Å². The molecule has 0 atom stereocenters. The summed E-state index contributed by atoms with van der Waals surface area (Å²) in [4.78, 5) is 13.9. The van der Waals surface area contributed by atoms with Crippen LogP contribution in [0.15, 0.2) is 42.7 Å². The molecule has 0 aliphatic carbocycles. The zero-order valence-corrected chi connectivity index (χ0v) is 15.7. The highest BCUT2D eigenvalue weighted by atomic mass is 16.5. The minimum atomic E-state index is -0.263. The molecule has 0 unspecified atom stereocenters.